The number of urea groups is 1. The predicted octanol–water partition coefficient (Wildman–Crippen LogP) is 2.54. The predicted molar refractivity (Wildman–Crippen MR) is 111 cm³/mol. The van der Waals surface area contributed by atoms with Crippen molar-refractivity contribution in [1.82, 2.24) is 19.8 Å². The van der Waals surface area contributed by atoms with Gasteiger partial charge in [0.25, 0.3) is 15.9 Å². The van der Waals surface area contributed by atoms with Gasteiger partial charge < -0.3 is 10.6 Å². The minimum absolute atomic E-state index is 0.0560. The summed E-state index contributed by atoms with van der Waals surface area (Å²) >= 11 is 0. The van der Waals surface area contributed by atoms with Crippen LogP contribution in [0.3, 0.4) is 0 Å². The lowest BCUT2D eigenvalue weighted by Gasteiger charge is -2.20. The number of aryl methyl sites for hydroxylation is 1. The van der Waals surface area contributed by atoms with E-state index in [0.717, 1.165) is 21.9 Å². The molecule has 0 aliphatic carbocycles. The maximum Gasteiger partial charge on any atom is 0.333 e. The molecule has 2 aromatic rings. The fourth-order valence-corrected chi connectivity index (χ4v) is 3.82. The molecule has 0 aliphatic rings. The molecule has 158 valence electrons. The van der Waals surface area contributed by atoms with Crippen LogP contribution in [0.25, 0.3) is 0 Å². The van der Waals surface area contributed by atoms with E-state index in [-0.39, 0.29) is 17.5 Å². The standard InChI is InChI=1S/C19H27N5O4S/c1-11(2)13-8-7-9-14(12(3)4)17(13)21-19(26)23-29(27,28)16-10-15(18(25)20-5)24(6)22-16/h7-12H,1-6H3,(H,20,25)(H2,21,23,26). The Morgan fingerprint density at radius 3 is 2.10 bits per heavy atom. The van der Waals surface area contributed by atoms with Crippen LogP contribution in [0.2, 0.25) is 0 Å². The number of hydrogen-bond donors (Lipinski definition) is 3. The van der Waals surface area contributed by atoms with Crippen LogP contribution in [0.15, 0.2) is 29.3 Å². The molecule has 0 spiro atoms. The maximum atomic E-state index is 12.6. The first-order valence-corrected chi connectivity index (χ1v) is 10.7. The summed E-state index contributed by atoms with van der Waals surface area (Å²) in [7, 11) is -1.40. The number of aromatic nitrogens is 2. The monoisotopic (exact) mass is 421 g/mol. The van der Waals surface area contributed by atoms with Crippen LogP contribution in [0.4, 0.5) is 10.5 Å². The number of nitrogens with zero attached hydrogens (tertiary/aromatic N) is 2. The van der Waals surface area contributed by atoms with E-state index < -0.39 is 27.0 Å². The lowest BCUT2D eigenvalue weighted by Crippen LogP contribution is -2.35. The van der Waals surface area contributed by atoms with Gasteiger partial charge in [0.2, 0.25) is 0 Å². The Labute approximate surface area is 170 Å². The van der Waals surface area contributed by atoms with Gasteiger partial charge in [0, 0.05) is 25.8 Å². The third kappa shape index (κ3) is 4.94. The largest absolute Gasteiger partial charge is 0.354 e. The average molecular weight is 422 g/mol. The van der Waals surface area contributed by atoms with Gasteiger partial charge in [-0.2, -0.15) is 13.5 Å². The molecule has 0 atom stereocenters. The normalized spacial score (nSPS) is 11.6. The number of nitrogens with one attached hydrogen (secondary N) is 3. The van der Waals surface area contributed by atoms with Gasteiger partial charge in [-0.3, -0.25) is 9.48 Å². The maximum absolute atomic E-state index is 12.6. The first kappa shape index (κ1) is 22.4. The van der Waals surface area contributed by atoms with E-state index in [1.807, 2.05) is 50.6 Å². The first-order valence-electron chi connectivity index (χ1n) is 9.20. The highest BCUT2D eigenvalue weighted by atomic mass is 32.2. The van der Waals surface area contributed by atoms with Gasteiger partial charge in [0.15, 0.2) is 5.03 Å². The third-order valence-electron chi connectivity index (χ3n) is 4.43. The summed E-state index contributed by atoms with van der Waals surface area (Å²) in [5.41, 5.74) is 2.46. The number of para-hydroxylation sites is 1. The molecule has 0 fully saturated rings. The zero-order valence-electron chi connectivity index (χ0n) is 17.4. The van der Waals surface area contributed by atoms with Gasteiger partial charge in [0.05, 0.1) is 0 Å². The van der Waals surface area contributed by atoms with Crippen LogP contribution in [-0.2, 0) is 17.1 Å². The van der Waals surface area contributed by atoms with E-state index in [4.69, 9.17) is 0 Å². The van der Waals surface area contributed by atoms with E-state index in [2.05, 4.69) is 15.7 Å². The number of benzene rings is 1. The summed E-state index contributed by atoms with van der Waals surface area (Å²) in [6, 6.07) is 5.92. The molecule has 1 aromatic carbocycles. The van der Waals surface area contributed by atoms with Gasteiger partial charge >= 0.3 is 6.03 Å². The highest BCUT2D eigenvalue weighted by Gasteiger charge is 2.25. The van der Waals surface area contributed by atoms with Crippen molar-refractivity contribution in [3.8, 4) is 0 Å². The Morgan fingerprint density at radius 2 is 1.62 bits per heavy atom. The van der Waals surface area contributed by atoms with Crippen LogP contribution in [0, 0.1) is 0 Å². The van der Waals surface area contributed by atoms with Crippen LogP contribution < -0.4 is 15.4 Å². The molecule has 1 aromatic heterocycles. The van der Waals surface area contributed by atoms with Gasteiger partial charge in [0.1, 0.15) is 5.69 Å². The second kappa shape index (κ2) is 8.64. The fourth-order valence-electron chi connectivity index (χ4n) is 2.92. The van der Waals surface area contributed by atoms with Crippen LogP contribution in [-0.4, -0.2) is 37.2 Å². The van der Waals surface area contributed by atoms with Crippen LogP contribution in [0.1, 0.15) is 61.1 Å². The Hall–Kier alpha value is -2.88. The molecule has 29 heavy (non-hydrogen) atoms. The Morgan fingerprint density at radius 1 is 1.07 bits per heavy atom. The molecule has 3 amide bonds. The third-order valence-corrected chi connectivity index (χ3v) is 5.64. The number of carbonyl (C=O) groups is 2. The van der Waals surface area contributed by atoms with Crippen molar-refractivity contribution in [3.63, 3.8) is 0 Å². The van der Waals surface area contributed by atoms with Crippen molar-refractivity contribution >= 4 is 27.6 Å². The number of carbonyl (C=O) groups excluding carboxylic acids is 2. The highest BCUT2D eigenvalue weighted by molar-refractivity contribution is 7.90. The van der Waals surface area contributed by atoms with E-state index in [0.29, 0.717) is 5.69 Å². The van der Waals surface area contributed by atoms with Crippen LogP contribution >= 0.6 is 0 Å². The lowest BCUT2D eigenvalue weighted by molar-refractivity contribution is 0.0953. The SMILES string of the molecule is CNC(=O)c1cc(S(=O)(=O)NC(=O)Nc2c(C(C)C)cccc2C(C)C)nn1C. The Balaban J connectivity index is 2.31. The lowest BCUT2D eigenvalue weighted by atomic mass is 9.93. The van der Waals surface area contributed by atoms with Gasteiger partial charge in [-0.25, -0.2) is 9.52 Å². The van der Waals surface area contributed by atoms with Crippen molar-refractivity contribution in [2.45, 2.75) is 44.6 Å². The molecule has 0 saturated carbocycles. The Bertz CT molecular complexity index is 999. The Kier molecular flexibility index (Phi) is 6.68. The quantitative estimate of drug-likeness (QED) is 0.662. The van der Waals surface area contributed by atoms with Crippen LogP contribution in [0.5, 0.6) is 0 Å². The van der Waals surface area contributed by atoms with E-state index >= 15 is 0 Å². The summed E-state index contributed by atoms with van der Waals surface area (Å²) in [5, 5.41) is 8.49. The second-order valence-electron chi connectivity index (χ2n) is 7.25. The first-order chi connectivity index (χ1) is 13.5. The van der Waals surface area contributed by atoms with Crippen molar-refractivity contribution < 1.29 is 18.0 Å². The molecule has 3 N–H and O–H groups in total. The minimum Gasteiger partial charge on any atom is -0.354 e. The molecule has 0 unspecified atom stereocenters. The van der Waals surface area contributed by atoms with E-state index in [1.54, 1.807) is 0 Å². The molecule has 0 saturated heterocycles. The van der Waals surface area contributed by atoms with Crippen molar-refractivity contribution in [1.29, 1.82) is 0 Å². The number of amides is 3. The number of rotatable bonds is 6. The van der Waals surface area contributed by atoms with Gasteiger partial charge in [-0.05, 0) is 23.0 Å². The number of anilines is 1. The summed E-state index contributed by atoms with van der Waals surface area (Å²) in [5.74, 6) is -0.226. The van der Waals surface area contributed by atoms with Crippen molar-refractivity contribution in [2.24, 2.45) is 7.05 Å². The zero-order chi connectivity index (χ0) is 21.9. The number of hydrogen-bond acceptors (Lipinski definition) is 5. The molecule has 0 radical (unpaired) electrons. The molecule has 0 aliphatic heterocycles. The summed E-state index contributed by atoms with van der Waals surface area (Å²) in [4.78, 5) is 24.3. The van der Waals surface area contributed by atoms with Gasteiger partial charge in [-0.15, -0.1) is 0 Å². The summed E-state index contributed by atoms with van der Waals surface area (Å²) in [6.07, 6.45) is 0. The molecular formula is C19H27N5O4S. The molecule has 1 heterocycles. The molecule has 9 nitrogen and oxygen atoms in total. The average Bonchev–Trinajstić information content (AvgIpc) is 3.03. The summed E-state index contributed by atoms with van der Waals surface area (Å²) in [6.45, 7) is 7.97. The molecule has 2 rings (SSSR count). The summed E-state index contributed by atoms with van der Waals surface area (Å²) < 4.78 is 28.2. The molecule has 0 bridgehead atoms. The van der Waals surface area contributed by atoms with E-state index in [1.165, 1.54) is 14.1 Å². The van der Waals surface area contributed by atoms with Crippen molar-refractivity contribution in [3.05, 3.63) is 41.1 Å². The minimum atomic E-state index is -4.26. The smallest absolute Gasteiger partial charge is 0.333 e. The zero-order valence-corrected chi connectivity index (χ0v) is 18.2. The topological polar surface area (TPSA) is 122 Å². The van der Waals surface area contributed by atoms with Crippen molar-refractivity contribution in [2.75, 3.05) is 12.4 Å². The molecule has 10 heteroatoms. The second-order valence-corrected chi connectivity index (χ2v) is 8.88. The van der Waals surface area contributed by atoms with E-state index in [9.17, 15) is 18.0 Å². The highest BCUT2D eigenvalue weighted by Crippen LogP contribution is 2.32. The molecular weight excluding hydrogens is 394 g/mol. The fraction of sp³-hybridized carbons (Fsp3) is 0.421. The number of sulfonamides is 1. The van der Waals surface area contributed by atoms with Gasteiger partial charge in [-0.1, -0.05) is 45.9 Å².